The van der Waals surface area contributed by atoms with Crippen molar-refractivity contribution in [1.82, 2.24) is 14.7 Å². The Morgan fingerprint density at radius 2 is 1.96 bits per heavy atom. The third-order valence-electron chi connectivity index (χ3n) is 4.25. The molecule has 1 aliphatic rings. The van der Waals surface area contributed by atoms with Crippen LogP contribution in [0.1, 0.15) is 6.42 Å². The quantitative estimate of drug-likeness (QED) is 0.676. The molecule has 3 rings (SSSR count). The summed E-state index contributed by atoms with van der Waals surface area (Å²) in [5.41, 5.74) is -1.41. The van der Waals surface area contributed by atoms with Crippen LogP contribution in [0, 0.1) is 0 Å². The molecule has 1 amide bonds. The number of likely N-dealkylation sites (tertiary alicyclic amines) is 1. The lowest BCUT2D eigenvalue weighted by Gasteiger charge is -2.25. The predicted molar refractivity (Wildman–Crippen MR) is 88.8 cm³/mol. The smallest absolute Gasteiger partial charge is 0.408 e. The number of hydrogen-bond donors (Lipinski definition) is 3. The maximum absolute atomic E-state index is 12.0. The van der Waals surface area contributed by atoms with Crippen LogP contribution in [0.4, 0.5) is 4.79 Å². The van der Waals surface area contributed by atoms with E-state index in [4.69, 9.17) is 11.6 Å². The van der Waals surface area contributed by atoms with Crippen LogP contribution < -0.4 is 0 Å². The van der Waals surface area contributed by atoms with Gasteiger partial charge in [-0.1, -0.05) is 11.6 Å². The van der Waals surface area contributed by atoms with Gasteiger partial charge in [-0.05, 0) is 34.1 Å². The fraction of sp³-hybridized carbons (Fsp3) is 0.286. The largest absolute Gasteiger partial charge is 0.480 e. The fourth-order valence-corrected chi connectivity index (χ4v) is 3.93. The second-order valence-corrected chi connectivity index (χ2v) is 6.86. The third-order valence-corrected chi connectivity index (χ3v) is 5.25. The molecular formula is C14H11BrClN3O6. The van der Waals surface area contributed by atoms with Gasteiger partial charge in [-0.3, -0.25) is 4.90 Å². The van der Waals surface area contributed by atoms with Gasteiger partial charge in [0.1, 0.15) is 10.6 Å². The number of hydrogen-bond acceptors (Lipinski definition) is 4. The van der Waals surface area contributed by atoms with Crippen molar-refractivity contribution in [1.29, 1.82) is 0 Å². The van der Waals surface area contributed by atoms with Crippen molar-refractivity contribution in [3.8, 4) is 0 Å². The zero-order valence-electron chi connectivity index (χ0n) is 12.4. The Morgan fingerprint density at radius 3 is 2.48 bits per heavy atom. The molecule has 132 valence electrons. The zero-order chi connectivity index (χ0) is 18.5. The van der Waals surface area contributed by atoms with Crippen LogP contribution >= 0.6 is 27.5 Å². The van der Waals surface area contributed by atoms with E-state index >= 15 is 0 Å². The van der Waals surface area contributed by atoms with E-state index in [0.29, 0.717) is 20.8 Å². The highest BCUT2D eigenvalue weighted by Crippen LogP contribution is 2.39. The minimum absolute atomic E-state index is 0.281. The first-order valence-electron chi connectivity index (χ1n) is 6.97. The molecule has 2 heterocycles. The van der Waals surface area contributed by atoms with Gasteiger partial charge >= 0.3 is 18.0 Å². The second-order valence-electron chi connectivity index (χ2n) is 5.67. The third kappa shape index (κ3) is 2.61. The van der Waals surface area contributed by atoms with Gasteiger partial charge in [-0.2, -0.15) is 5.10 Å². The monoisotopic (exact) mass is 431 g/mol. The summed E-state index contributed by atoms with van der Waals surface area (Å²) in [5, 5.41) is 33.5. The average Bonchev–Trinajstić information content (AvgIpc) is 3.08. The Kier molecular flexibility index (Phi) is 4.12. The summed E-state index contributed by atoms with van der Waals surface area (Å²) in [6.07, 6.45) is -1.96. The number of halogens is 2. The molecule has 9 nitrogen and oxygen atoms in total. The number of nitrogens with zero attached hydrogens (tertiary/aromatic N) is 3. The minimum atomic E-state index is -1.86. The summed E-state index contributed by atoms with van der Waals surface area (Å²) in [6, 6.07) is 3.27. The fourth-order valence-electron chi connectivity index (χ4n) is 3.02. The highest BCUT2D eigenvalue weighted by atomic mass is 79.9. The molecule has 11 heteroatoms. The summed E-state index contributed by atoms with van der Waals surface area (Å²) in [5.74, 6) is -2.79. The topological polar surface area (TPSA) is 133 Å². The van der Waals surface area contributed by atoms with Crippen LogP contribution in [0.5, 0.6) is 0 Å². The number of aromatic nitrogens is 2. The SMILES string of the molecule is O=C(O)[C@@H]1C[C@@](C(=O)O)(n2nc3ccc(Cl)cc3c2Br)CN1C(=O)O. The lowest BCUT2D eigenvalue weighted by molar-refractivity contribution is -0.147. The molecule has 25 heavy (non-hydrogen) atoms. The van der Waals surface area contributed by atoms with Gasteiger partial charge in [-0.15, -0.1) is 0 Å². The van der Waals surface area contributed by atoms with Gasteiger partial charge in [0.15, 0.2) is 5.54 Å². The number of amides is 1. The van der Waals surface area contributed by atoms with Crippen molar-refractivity contribution in [2.24, 2.45) is 0 Å². The maximum Gasteiger partial charge on any atom is 0.408 e. The van der Waals surface area contributed by atoms with E-state index in [1.165, 1.54) is 0 Å². The normalized spacial score (nSPS) is 23.1. The Labute approximate surface area is 153 Å². The Morgan fingerprint density at radius 1 is 1.28 bits per heavy atom. The first-order chi connectivity index (χ1) is 11.7. The van der Waals surface area contributed by atoms with Crippen molar-refractivity contribution in [2.75, 3.05) is 6.54 Å². The van der Waals surface area contributed by atoms with E-state index in [9.17, 15) is 29.7 Å². The molecule has 0 radical (unpaired) electrons. The predicted octanol–water partition coefficient (Wildman–Crippen LogP) is 2.07. The Hall–Kier alpha value is -2.33. The van der Waals surface area contributed by atoms with Gasteiger partial charge in [0.2, 0.25) is 0 Å². The van der Waals surface area contributed by atoms with Gasteiger partial charge in [0.25, 0.3) is 0 Å². The first kappa shape index (κ1) is 17.5. The summed E-state index contributed by atoms with van der Waals surface area (Å²) in [6.45, 7) is -0.547. The van der Waals surface area contributed by atoms with Gasteiger partial charge in [-0.25, -0.2) is 19.1 Å². The molecule has 0 unspecified atom stereocenters. The maximum atomic E-state index is 12.0. The standard InChI is InChI=1S/C14H11BrClN3O6/c15-10-7-3-6(16)1-2-8(7)17-19(10)14(12(22)23)4-9(11(20)21)18(5-14)13(24)25/h1-3,9H,4-5H2,(H,20,21)(H,22,23)(H,24,25)/t9-,14+/m0/s1. The van der Waals surface area contributed by atoms with Crippen molar-refractivity contribution >= 4 is 56.5 Å². The van der Waals surface area contributed by atoms with Crippen LogP contribution in [-0.4, -0.2) is 60.6 Å². The number of carboxylic acids is 2. The van der Waals surface area contributed by atoms with Gasteiger partial charge in [0.05, 0.1) is 12.1 Å². The van der Waals surface area contributed by atoms with E-state index in [1.54, 1.807) is 18.2 Å². The number of rotatable bonds is 3. The molecule has 1 aromatic carbocycles. The van der Waals surface area contributed by atoms with Gasteiger partial charge < -0.3 is 15.3 Å². The highest BCUT2D eigenvalue weighted by molar-refractivity contribution is 9.10. The molecule has 2 aromatic rings. The minimum Gasteiger partial charge on any atom is -0.480 e. The van der Waals surface area contributed by atoms with Crippen LogP contribution in [0.25, 0.3) is 10.9 Å². The summed E-state index contributed by atoms with van der Waals surface area (Å²) in [4.78, 5) is 35.4. The summed E-state index contributed by atoms with van der Waals surface area (Å²) in [7, 11) is 0. The summed E-state index contributed by atoms with van der Waals surface area (Å²) >= 11 is 9.23. The molecule has 1 fully saturated rings. The average molecular weight is 433 g/mol. The highest BCUT2D eigenvalue weighted by Gasteiger charge is 2.56. The van der Waals surface area contributed by atoms with Crippen LogP contribution in [0.15, 0.2) is 22.8 Å². The molecule has 0 spiro atoms. The Bertz CT molecular complexity index is 891. The molecular weight excluding hydrogens is 422 g/mol. The lowest BCUT2D eigenvalue weighted by atomic mass is 9.96. The van der Waals surface area contributed by atoms with Crippen molar-refractivity contribution in [2.45, 2.75) is 18.0 Å². The summed E-state index contributed by atoms with van der Waals surface area (Å²) < 4.78 is 1.40. The first-order valence-corrected chi connectivity index (χ1v) is 8.14. The van der Waals surface area contributed by atoms with Crippen LogP contribution in [-0.2, 0) is 15.1 Å². The molecule has 2 atom stereocenters. The van der Waals surface area contributed by atoms with Crippen LogP contribution in [0.2, 0.25) is 5.02 Å². The molecule has 1 aromatic heterocycles. The lowest BCUT2D eigenvalue weighted by Crippen LogP contribution is -2.46. The van der Waals surface area contributed by atoms with E-state index in [2.05, 4.69) is 21.0 Å². The number of benzene rings is 1. The van der Waals surface area contributed by atoms with Gasteiger partial charge in [0, 0.05) is 16.8 Å². The molecule has 0 bridgehead atoms. The second kappa shape index (κ2) is 5.88. The van der Waals surface area contributed by atoms with E-state index in [-0.39, 0.29) is 4.60 Å². The van der Waals surface area contributed by atoms with E-state index in [0.717, 1.165) is 4.68 Å². The van der Waals surface area contributed by atoms with Crippen molar-refractivity contribution in [3.63, 3.8) is 0 Å². The number of fused-ring (bicyclic) bond motifs is 1. The molecule has 3 N–H and O–H groups in total. The number of carbonyl (C=O) groups is 3. The molecule has 0 aliphatic carbocycles. The molecule has 0 saturated carbocycles. The van der Waals surface area contributed by atoms with Crippen molar-refractivity contribution < 1.29 is 29.7 Å². The number of carboxylic acid groups (broad SMARTS) is 3. The Balaban J connectivity index is 2.20. The van der Waals surface area contributed by atoms with Crippen LogP contribution in [0.3, 0.4) is 0 Å². The van der Waals surface area contributed by atoms with E-state index in [1.807, 2.05) is 0 Å². The zero-order valence-corrected chi connectivity index (χ0v) is 14.7. The van der Waals surface area contributed by atoms with E-state index < -0.39 is 42.6 Å². The number of aliphatic carboxylic acids is 2. The van der Waals surface area contributed by atoms with Crippen molar-refractivity contribution in [3.05, 3.63) is 27.8 Å². The molecule has 1 aliphatic heterocycles. The molecule has 1 saturated heterocycles.